The Kier molecular flexibility index (Phi) is 4.70. The average molecular weight is 316 g/mol. The Balaban J connectivity index is 2.24. The molecule has 1 amide bonds. The van der Waals surface area contributed by atoms with Crippen LogP contribution in [0.3, 0.4) is 0 Å². The van der Waals surface area contributed by atoms with Crippen LogP contribution >= 0.6 is 22.9 Å². The van der Waals surface area contributed by atoms with Gasteiger partial charge in [0.05, 0.1) is 5.02 Å². The Labute approximate surface area is 127 Å². The molecule has 0 aliphatic carbocycles. The fraction of sp³-hybridized carbons (Fsp3) is 0.571. The molecule has 1 aliphatic heterocycles. The van der Waals surface area contributed by atoms with Crippen molar-refractivity contribution in [2.75, 3.05) is 6.54 Å². The second-order valence-electron chi connectivity index (χ2n) is 5.21. The van der Waals surface area contributed by atoms with Crippen LogP contribution in [0.4, 0.5) is 0 Å². The predicted octanol–water partition coefficient (Wildman–Crippen LogP) is 3.43. The monoisotopic (exact) mass is 315 g/mol. The first-order valence-electron chi connectivity index (χ1n) is 6.73. The molecule has 110 valence electrons. The van der Waals surface area contributed by atoms with Gasteiger partial charge < -0.3 is 10.0 Å². The molecule has 2 rings (SSSR count). The molecule has 0 bridgehead atoms. The van der Waals surface area contributed by atoms with Crippen molar-refractivity contribution in [1.29, 1.82) is 0 Å². The van der Waals surface area contributed by atoms with Crippen LogP contribution in [-0.4, -0.2) is 34.5 Å². The van der Waals surface area contributed by atoms with Crippen LogP contribution in [0.2, 0.25) is 5.02 Å². The van der Waals surface area contributed by atoms with Crippen LogP contribution in [0.1, 0.15) is 41.4 Å². The number of carboxylic acids is 1. The highest BCUT2D eigenvalue weighted by Gasteiger charge is 2.37. The number of aryl methyl sites for hydroxylation is 1. The third kappa shape index (κ3) is 2.83. The zero-order valence-electron chi connectivity index (χ0n) is 11.6. The summed E-state index contributed by atoms with van der Waals surface area (Å²) in [7, 11) is 0. The third-order valence-corrected chi connectivity index (χ3v) is 5.61. The minimum absolute atomic E-state index is 0.255. The molecule has 1 aromatic rings. The number of nitrogens with zero attached hydrogens (tertiary/aromatic N) is 1. The van der Waals surface area contributed by atoms with Crippen LogP contribution in [0.5, 0.6) is 0 Å². The van der Waals surface area contributed by atoms with Crippen molar-refractivity contribution in [2.24, 2.45) is 5.92 Å². The highest BCUT2D eigenvalue weighted by molar-refractivity contribution is 7.13. The van der Waals surface area contributed by atoms with Crippen LogP contribution in [0.15, 0.2) is 5.38 Å². The fourth-order valence-corrected chi connectivity index (χ4v) is 3.82. The van der Waals surface area contributed by atoms with Crippen LogP contribution in [-0.2, 0) is 4.79 Å². The summed E-state index contributed by atoms with van der Waals surface area (Å²) < 4.78 is 0. The largest absolute Gasteiger partial charge is 0.480 e. The van der Waals surface area contributed by atoms with E-state index in [-0.39, 0.29) is 5.91 Å². The maximum atomic E-state index is 12.5. The molecule has 1 N–H and O–H groups in total. The normalized spacial score (nSPS) is 22.9. The van der Waals surface area contributed by atoms with E-state index in [2.05, 4.69) is 6.92 Å². The minimum Gasteiger partial charge on any atom is -0.480 e. The Hall–Kier alpha value is -1.07. The number of carbonyl (C=O) groups excluding carboxylic acids is 1. The number of hydrogen-bond donors (Lipinski definition) is 1. The number of thiophene rings is 1. The summed E-state index contributed by atoms with van der Waals surface area (Å²) in [5, 5.41) is 11.6. The topological polar surface area (TPSA) is 57.6 Å². The average Bonchev–Trinajstić information content (AvgIpc) is 2.77. The highest BCUT2D eigenvalue weighted by Crippen LogP contribution is 2.32. The van der Waals surface area contributed by atoms with E-state index < -0.39 is 12.0 Å². The second-order valence-corrected chi connectivity index (χ2v) is 6.47. The van der Waals surface area contributed by atoms with Crippen LogP contribution < -0.4 is 0 Å². The number of hydrogen-bond acceptors (Lipinski definition) is 3. The summed E-state index contributed by atoms with van der Waals surface area (Å²) in [5.74, 6) is -0.809. The molecule has 1 fully saturated rings. The van der Waals surface area contributed by atoms with Gasteiger partial charge in [-0.2, -0.15) is 0 Å². The van der Waals surface area contributed by atoms with Gasteiger partial charge in [-0.05, 0) is 36.6 Å². The molecule has 0 spiro atoms. The number of likely N-dealkylation sites (tertiary alicyclic amines) is 1. The summed E-state index contributed by atoms with van der Waals surface area (Å²) in [6, 6.07) is -0.736. The van der Waals surface area contributed by atoms with Crippen LogP contribution in [0, 0.1) is 12.8 Å². The lowest BCUT2D eigenvalue weighted by atomic mass is 9.89. The molecule has 20 heavy (non-hydrogen) atoms. The van der Waals surface area contributed by atoms with Gasteiger partial charge in [-0.3, -0.25) is 4.79 Å². The van der Waals surface area contributed by atoms with E-state index in [4.69, 9.17) is 11.6 Å². The van der Waals surface area contributed by atoms with Crippen molar-refractivity contribution in [1.82, 2.24) is 4.90 Å². The standard InChI is InChI=1S/C14H18ClNO3S/c1-3-9-4-5-16(10(6-9)14(18)19)13(17)12-11(15)8(2)7-20-12/h7,9-10H,3-6H2,1-2H3,(H,18,19). The molecule has 0 aromatic carbocycles. The van der Waals surface area contributed by atoms with E-state index in [1.165, 1.54) is 16.2 Å². The number of carbonyl (C=O) groups is 2. The maximum Gasteiger partial charge on any atom is 0.326 e. The summed E-state index contributed by atoms with van der Waals surface area (Å²) in [5.41, 5.74) is 0.857. The van der Waals surface area contributed by atoms with E-state index >= 15 is 0 Å². The molecule has 1 saturated heterocycles. The van der Waals surface area contributed by atoms with E-state index in [9.17, 15) is 14.7 Å². The van der Waals surface area contributed by atoms with E-state index in [0.29, 0.717) is 28.8 Å². The Morgan fingerprint density at radius 1 is 1.55 bits per heavy atom. The molecular formula is C14H18ClNO3S. The number of aliphatic carboxylic acids is 1. The predicted molar refractivity (Wildman–Crippen MR) is 79.5 cm³/mol. The number of carboxylic acid groups (broad SMARTS) is 1. The third-order valence-electron chi connectivity index (χ3n) is 3.93. The van der Waals surface area contributed by atoms with Gasteiger partial charge in [0.15, 0.2) is 0 Å². The molecular weight excluding hydrogens is 298 g/mol. The molecule has 2 unspecified atom stereocenters. The first-order chi connectivity index (χ1) is 9.45. The van der Waals surface area contributed by atoms with Gasteiger partial charge in [-0.15, -0.1) is 11.3 Å². The van der Waals surface area contributed by atoms with Crippen LogP contribution in [0.25, 0.3) is 0 Å². The van der Waals surface area contributed by atoms with Crippen molar-refractivity contribution < 1.29 is 14.7 Å². The molecule has 6 heteroatoms. The first-order valence-corrected chi connectivity index (χ1v) is 7.98. The highest BCUT2D eigenvalue weighted by atomic mass is 35.5. The Morgan fingerprint density at radius 2 is 2.25 bits per heavy atom. The molecule has 1 aromatic heterocycles. The van der Waals surface area contributed by atoms with E-state index in [0.717, 1.165) is 18.4 Å². The summed E-state index contributed by atoms with van der Waals surface area (Å²) in [6.45, 7) is 4.38. The Morgan fingerprint density at radius 3 is 2.75 bits per heavy atom. The SMILES string of the molecule is CCC1CCN(C(=O)c2scc(C)c2Cl)C(C(=O)O)C1. The lowest BCUT2D eigenvalue weighted by Gasteiger charge is -2.36. The van der Waals surface area contributed by atoms with E-state index in [1.807, 2.05) is 12.3 Å². The maximum absolute atomic E-state index is 12.5. The molecule has 0 radical (unpaired) electrons. The number of amides is 1. The zero-order chi connectivity index (χ0) is 14.9. The fourth-order valence-electron chi connectivity index (χ4n) is 2.59. The molecule has 0 saturated carbocycles. The van der Waals surface area contributed by atoms with Gasteiger partial charge in [0.2, 0.25) is 0 Å². The molecule has 2 heterocycles. The minimum atomic E-state index is -0.930. The van der Waals surface area contributed by atoms with Gasteiger partial charge in [-0.25, -0.2) is 4.79 Å². The summed E-state index contributed by atoms with van der Waals surface area (Å²) in [6.07, 6.45) is 2.33. The molecule has 2 atom stereocenters. The Bertz CT molecular complexity index is 528. The molecule has 4 nitrogen and oxygen atoms in total. The summed E-state index contributed by atoms with van der Waals surface area (Å²) >= 11 is 7.40. The smallest absolute Gasteiger partial charge is 0.326 e. The molecule has 1 aliphatic rings. The lowest BCUT2D eigenvalue weighted by Crippen LogP contribution is -2.50. The number of rotatable bonds is 3. The van der Waals surface area contributed by atoms with Gasteiger partial charge in [-0.1, -0.05) is 24.9 Å². The second kappa shape index (κ2) is 6.14. The lowest BCUT2D eigenvalue weighted by molar-refractivity contribution is -0.144. The number of halogens is 1. The van der Waals surface area contributed by atoms with Crippen molar-refractivity contribution in [3.63, 3.8) is 0 Å². The zero-order valence-corrected chi connectivity index (χ0v) is 13.1. The van der Waals surface area contributed by atoms with E-state index in [1.54, 1.807) is 0 Å². The number of piperidine rings is 1. The van der Waals surface area contributed by atoms with Gasteiger partial charge in [0.25, 0.3) is 5.91 Å². The van der Waals surface area contributed by atoms with Gasteiger partial charge in [0.1, 0.15) is 10.9 Å². The van der Waals surface area contributed by atoms with Gasteiger partial charge in [0, 0.05) is 6.54 Å². The van der Waals surface area contributed by atoms with Gasteiger partial charge >= 0.3 is 5.97 Å². The van der Waals surface area contributed by atoms with Crippen molar-refractivity contribution in [3.05, 3.63) is 20.8 Å². The van der Waals surface area contributed by atoms with Crippen molar-refractivity contribution in [3.8, 4) is 0 Å². The van der Waals surface area contributed by atoms with Crippen molar-refractivity contribution in [2.45, 2.75) is 39.2 Å². The quantitative estimate of drug-likeness (QED) is 0.929. The first kappa shape index (κ1) is 15.3. The summed E-state index contributed by atoms with van der Waals surface area (Å²) in [4.78, 5) is 25.9. The van der Waals surface area contributed by atoms with Crippen molar-refractivity contribution >= 4 is 34.8 Å².